The zero-order valence-corrected chi connectivity index (χ0v) is 12.6. The Labute approximate surface area is 124 Å². The Morgan fingerprint density at radius 1 is 1.00 bits per heavy atom. The van der Waals surface area contributed by atoms with E-state index in [4.69, 9.17) is 4.74 Å². The first-order valence-electron chi connectivity index (χ1n) is 6.44. The summed E-state index contributed by atoms with van der Waals surface area (Å²) in [6, 6.07) is 14.9. The van der Waals surface area contributed by atoms with E-state index in [2.05, 4.69) is 0 Å². The van der Waals surface area contributed by atoms with E-state index in [0.717, 1.165) is 6.26 Å². The highest BCUT2D eigenvalue weighted by Crippen LogP contribution is 2.18. The second-order valence-corrected chi connectivity index (χ2v) is 6.75. The molecule has 2 aromatic rings. The molecular weight excluding hydrogens is 288 g/mol. The van der Waals surface area contributed by atoms with Crippen LogP contribution in [0.4, 0.5) is 0 Å². The number of carbonyl (C=O) groups is 1. The summed E-state index contributed by atoms with van der Waals surface area (Å²) in [4.78, 5) is 12.4. The van der Waals surface area contributed by atoms with Crippen molar-refractivity contribution in [3.8, 4) is 5.75 Å². The number of hydrogen-bond donors (Lipinski definition) is 0. The molecule has 0 aromatic heterocycles. The first kappa shape index (κ1) is 15.3. The van der Waals surface area contributed by atoms with Crippen molar-refractivity contribution >= 4 is 15.6 Å². The third kappa shape index (κ3) is 3.92. The number of rotatable bonds is 5. The van der Waals surface area contributed by atoms with Crippen molar-refractivity contribution in [3.05, 3.63) is 60.2 Å². The lowest BCUT2D eigenvalue weighted by molar-refractivity contribution is 0.0818. The van der Waals surface area contributed by atoms with E-state index in [1.54, 1.807) is 43.3 Å². The number of Topliss-reactive ketones (excluding diaryl/α,β-unsaturated/α-hetero) is 1. The van der Waals surface area contributed by atoms with Gasteiger partial charge in [0.05, 0.1) is 4.90 Å². The van der Waals surface area contributed by atoms with Gasteiger partial charge in [0.25, 0.3) is 0 Å². The standard InChI is InChI=1S/C16H16O4S/c1-12(16(17)13-6-4-3-5-7-13)20-14-8-10-15(11-9-14)21(2,18)19/h3-12H,1-2H3. The van der Waals surface area contributed by atoms with E-state index in [9.17, 15) is 13.2 Å². The zero-order chi connectivity index (χ0) is 15.5. The van der Waals surface area contributed by atoms with Crippen LogP contribution in [0.1, 0.15) is 17.3 Å². The molecule has 0 fully saturated rings. The minimum atomic E-state index is -3.23. The van der Waals surface area contributed by atoms with Gasteiger partial charge in [-0.25, -0.2) is 8.42 Å². The summed E-state index contributed by atoms with van der Waals surface area (Å²) in [6.07, 6.45) is 0.501. The van der Waals surface area contributed by atoms with Crippen LogP contribution >= 0.6 is 0 Å². The third-order valence-corrected chi connectivity index (χ3v) is 4.12. The Morgan fingerprint density at radius 2 is 1.57 bits per heavy atom. The summed E-state index contributed by atoms with van der Waals surface area (Å²) in [7, 11) is -3.23. The number of benzene rings is 2. The molecule has 4 nitrogen and oxygen atoms in total. The molecular formula is C16H16O4S. The number of hydrogen-bond acceptors (Lipinski definition) is 4. The molecule has 0 spiro atoms. The van der Waals surface area contributed by atoms with Crippen LogP contribution in [0.25, 0.3) is 0 Å². The lowest BCUT2D eigenvalue weighted by Gasteiger charge is -2.14. The summed E-state index contributed by atoms with van der Waals surface area (Å²) in [5.74, 6) is 0.335. The molecule has 0 saturated carbocycles. The fourth-order valence-corrected chi connectivity index (χ4v) is 2.49. The minimum absolute atomic E-state index is 0.122. The molecule has 1 unspecified atom stereocenters. The van der Waals surface area contributed by atoms with Crippen LogP contribution in [0.3, 0.4) is 0 Å². The van der Waals surface area contributed by atoms with Crippen molar-refractivity contribution in [1.29, 1.82) is 0 Å². The highest BCUT2D eigenvalue weighted by atomic mass is 32.2. The number of carbonyl (C=O) groups excluding carboxylic acids is 1. The molecule has 0 aliphatic carbocycles. The predicted octanol–water partition coefficient (Wildman–Crippen LogP) is 2.74. The van der Waals surface area contributed by atoms with Gasteiger partial charge >= 0.3 is 0 Å². The Balaban J connectivity index is 2.10. The second-order valence-electron chi connectivity index (χ2n) is 4.73. The molecule has 0 saturated heterocycles. The normalized spacial score (nSPS) is 12.7. The minimum Gasteiger partial charge on any atom is -0.483 e. The topological polar surface area (TPSA) is 60.4 Å². The van der Waals surface area contributed by atoms with Gasteiger partial charge in [0.2, 0.25) is 5.78 Å². The van der Waals surface area contributed by atoms with Gasteiger partial charge in [-0.2, -0.15) is 0 Å². The average Bonchev–Trinajstić information content (AvgIpc) is 2.47. The maximum atomic E-state index is 12.2. The molecule has 2 rings (SSSR count). The molecule has 5 heteroatoms. The molecule has 2 aromatic carbocycles. The molecule has 21 heavy (non-hydrogen) atoms. The van der Waals surface area contributed by atoms with Crippen LogP contribution in [-0.2, 0) is 9.84 Å². The molecule has 0 N–H and O–H groups in total. The van der Waals surface area contributed by atoms with E-state index >= 15 is 0 Å². The molecule has 0 heterocycles. The quantitative estimate of drug-likeness (QED) is 0.797. The van der Waals surface area contributed by atoms with Crippen molar-refractivity contribution in [2.45, 2.75) is 17.9 Å². The summed E-state index contributed by atoms with van der Waals surface area (Å²) in [5.41, 5.74) is 0.581. The average molecular weight is 304 g/mol. The third-order valence-electron chi connectivity index (χ3n) is 2.99. The lowest BCUT2D eigenvalue weighted by atomic mass is 10.1. The van der Waals surface area contributed by atoms with Crippen molar-refractivity contribution in [1.82, 2.24) is 0 Å². The Morgan fingerprint density at radius 3 is 2.10 bits per heavy atom. The molecule has 0 bridgehead atoms. The SMILES string of the molecule is CC(Oc1ccc(S(C)(=O)=O)cc1)C(=O)c1ccccc1. The lowest BCUT2D eigenvalue weighted by Crippen LogP contribution is -2.23. The van der Waals surface area contributed by atoms with Crippen LogP contribution in [0.2, 0.25) is 0 Å². The van der Waals surface area contributed by atoms with Crippen LogP contribution in [0.5, 0.6) is 5.75 Å². The maximum Gasteiger partial charge on any atom is 0.202 e. The smallest absolute Gasteiger partial charge is 0.202 e. The number of sulfone groups is 1. The molecule has 0 aliphatic rings. The fraction of sp³-hybridized carbons (Fsp3) is 0.188. The molecule has 110 valence electrons. The van der Waals surface area contributed by atoms with Crippen molar-refractivity contribution in [2.75, 3.05) is 6.26 Å². The summed E-state index contributed by atoms with van der Waals surface area (Å²) < 4.78 is 28.3. The van der Waals surface area contributed by atoms with Gasteiger partial charge in [0.1, 0.15) is 5.75 Å². The fourth-order valence-electron chi connectivity index (χ4n) is 1.86. The maximum absolute atomic E-state index is 12.2. The van der Waals surface area contributed by atoms with Crippen LogP contribution < -0.4 is 4.74 Å². The van der Waals surface area contributed by atoms with E-state index in [-0.39, 0.29) is 10.7 Å². The second kappa shape index (κ2) is 6.10. The number of ketones is 1. The summed E-state index contributed by atoms with van der Waals surface area (Å²) in [6.45, 7) is 1.67. The van der Waals surface area contributed by atoms with Crippen LogP contribution in [-0.4, -0.2) is 26.6 Å². The van der Waals surface area contributed by atoms with E-state index < -0.39 is 15.9 Å². The van der Waals surface area contributed by atoms with Gasteiger partial charge in [0, 0.05) is 11.8 Å². The van der Waals surface area contributed by atoms with E-state index in [1.165, 1.54) is 12.1 Å². The van der Waals surface area contributed by atoms with Crippen molar-refractivity contribution in [3.63, 3.8) is 0 Å². The first-order chi connectivity index (χ1) is 9.88. The van der Waals surface area contributed by atoms with Crippen LogP contribution in [0, 0.1) is 0 Å². The number of ether oxygens (including phenoxy) is 1. The Bertz CT molecular complexity index is 719. The first-order valence-corrected chi connectivity index (χ1v) is 8.33. The zero-order valence-electron chi connectivity index (χ0n) is 11.8. The largest absolute Gasteiger partial charge is 0.483 e. The van der Waals surface area contributed by atoms with Gasteiger partial charge in [-0.05, 0) is 31.2 Å². The summed E-state index contributed by atoms with van der Waals surface area (Å²) in [5, 5.41) is 0. The van der Waals surface area contributed by atoms with E-state index in [0.29, 0.717) is 11.3 Å². The molecule has 0 amide bonds. The molecule has 0 aliphatic heterocycles. The molecule has 1 atom stereocenters. The highest BCUT2D eigenvalue weighted by molar-refractivity contribution is 7.90. The predicted molar refractivity (Wildman–Crippen MR) is 80.4 cm³/mol. The van der Waals surface area contributed by atoms with Crippen molar-refractivity contribution in [2.24, 2.45) is 0 Å². The Kier molecular flexibility index (Phi) is 4.43. The van der Waals surface area contributed by atoms with Crippen molar-refractivity contribution < 1.29 is 17.9 Å². The Hall–Kier alpha value is -2.14. The van der Waals surface area contributed by atoms with Gasteiger partial charge in [-0.15, -0.1) is 0 Å². The monoisotopic (exact) mass is 304 g/mol. The molecule has 0 radical (unpaired) electrons. The summed E-state index contributed by atoms with van der Waals surface area (Å²) >= 11 is 0. The van der Waals surface area contributed by atoms with Crippen LogP contribution in [0.15, 0.2) is 59.5 Å². The van der Waals surface area contributed by atoms with E-state index in [1.807, 2.05) is 6.07 Å². The highest BCUT2D eigenvalue weighted by Gasteiger charge is 2.16. The van der Waals surface area contributed by atoms with Gasteiger partial charge in [0.15, 0.2) is 15.9 Å². The van der Waals surface area contributed by atoms with Gasteiger partial charge in [-0.1, -0.05) is 30.3 Å². The van der Waals surface area contributed by atoms with Gasteiger partial charge in [-0.3, -0.25) is 4.79 Å². The van der Waals surface area contributed by atoms with Gasteiger partial charge < -0.3 is 4.74 Å².